The lowest BCUT2D eigenvalue weighted by Crippen LogP contribution is -2.56. The van der Waals surface area contributed by atoms with Crippen molar-refractivity contribution in [2.75, 3.05) is 46.8 Å². The van der Waals surface area contributed by atoms with Gasteiger partial charge in [-0.1, -0.05) is 0 Å². The second-order valence-electron chi connectivity index (χ2n) is 6.60. The predicted octanol–water partition coefficient (Wildman–Crippen LogP) is 0.590. The van der Waals surface area contributed by atoms with E-state index in [9.17, 15) is 9.59 Å². The van der Waals surface area contributed by atoms with Crippen molar-refractivity contribution in [3.8, 4) is 0 Å². The Balaban J connectivity index is 2.36. The van der Waals surface area contributed by atoms with Crippen molar-refractivity contribution in [2.24, 2.45) is 0 Å². The number of piperazine rings is 1. The van der Waals surface area contributed by atoms with Crippen LogP contribution in [0.4, 0.5) is 4.79 Å². The van der Waals surface area contributed by atoms with E-state index in [-0.39, 0.29) is 17.5 Å². The molecule has 0 aromatic rings. The van der Waals surface area contributed by atoms with Gasteiger partial charge in [0.05, 0.1) is 0 Å². The zero-order valence-electron chi connectivity index (χ0n) is 13.4. The first kappa shape index (κ1) is 16.8. The summed E-state index contributed by atoms with van der Waals surface area (Å²) < 4.78 is 0. The molecule has 0 saturated carbocycles. The molecule has 6 nitrogen and oxygen atoms in total. The third-order valence-corrected chi connectivity index (χ3v) is 3.17. The fraction of sp³-hybridized carbons (Fsp3) is 0.857. The van der Waals surface area contributed by atoms with Gasteiger partial charge in [0.2, 0.25) is 5.91 Å². The summed E-state index contributed by atoms with van der Waals surface area (Å²) in [5.74, 6) is 0.176. The van der Waals surface area contributed by atoms with Crippen LogP contribution in [-0.2, 0) is 4.79 Å². The van der Waals surface area contributed by atoms with Crippen LogP contribution in [0.15, 0.2) is 0 Å². The Labute approximate surface area is 122 Å². The molecular formula is C14H28N4O2. The van der Waals surface area contributed by atoms with Gasteiger partial charge in [0, 0.05) is 44.7 Å². The van der Waals surface area contributed by atoms with Crippen LogP contribution in [0, 0.1) is 0 Å². The summed E-state index contributed by atoms with van der Waals surface area (Å²) in [5.41, 5.74) is -0.226. The van der Waals surface area contributed by atoms with Crippen molar-refractivity contribution in [3.63, 3.8) is 0 Å². The molecule has 1 aliphatic rings. The van der Waals surface area contributed by atoms with E-state index in [1.54, 1.807) is 4.90 Å². The second-order valence-corrected chi connectivity index (χ2v) is 6.60. The van der Waals surface area contributed by atoms with Crippen LogP contribution in [0.5, 0.6) is 0 Å². The number of hydrogen-bond acceptors (Lipinski definition) is 3. The Bertz CT molecular complexity index is 342. The number of rotatable bonds is 3. The van der Waals surface area contributed by atoms with Crippen LogP contribution in [0.3, 0.4) is 0 Å². The third-order valence-electron chi connectivity index (χ3n) is 3.17. The Kier molecular flexibility index (Phi) is 5.80. The summed E-state index contributed by atoms with van der Waals surface area (Å²) >= 11 is 0. The fourth-order valence-electron chi connectivity index (χ4n) is 2.04. The minimum absolute atomic E-state index is 0.0436. The quantitative estimate of drug-likeness (QED) is 0.825. The van der Waals surface area contributed by atoms with Crippen LogP contribution < -0.4 is 5.32 Å². The summed E-state index contributed by atoms with van der Waals surface area (Å²) in [6.07, 6.45) is 0.543. The third kappa shape index (κ3) is 5.77. The Hall–Kier alpha value is -1.30. The van der Waals surface area contributed by atoms with Crippen LogP contribution >= 0.6 is 0 Å². The molecule has 1 rings (SSSR count). The topological polar surface area (TPSA) is 55.9 Å². The Morgan fingerprint density at radius 2 is 1.55 bits per heavy atom. The fourth-order valence-corrected chi connectivity index (χ4v) is 2.04. The second kappa shape index (κ2) is 6.92. The highest BCUT2D eigenvalue weighted by atomic mass is 16.2. The number of carbonyl (C=O) groups excluding carboxylic acids is 2. The SMILES string of the molecule is CN(C)CCC(=O)N1CCN(C(=O)NC(C)(C)C)CC1. The van der Waals surface area contributed by atoms with Gasteiger partial charge in [-0.15, -0.1) is 0 Å². The van der Waals surface area contributed by atoms with Gasteiger partial charge in [-0.25, -0.2) is 4.79 Å². The van der Waals surface area contributed by atoms with Gasteiger partial charge in [-0.2, -0.15) is 0 Å². The smallest absolute Gasteiger partial charge is 0.317 e. The van der Waals surface area contributed by atoms with Gasteiger partial charge in [-0.05, 0) is 34.9 Å². The minimum Gasteiger partial charge on any atom is -0.339 e. The Morgan fingerprint density at radius 3 is 2.00 bits per heavy atom. The van der Waals surface area contributed by atoms with Crippen molar-refractivity contribution in [1.29, 1.82) is 0 Å². The molecule has 1 heterocycles. The standard InChI is InChI=1S/C14H28N4O2/c1-14(2,3)15-13(20)18-10-8-17(9-11-18)12(19)6-7-16(4)5/h6-11H2,1-5H3,(H,15,20). The molecule has 0 aromatic carbocycles. The predicted molar refractivity (Wildman–Crippen MR) is 79.6 cm³/mol. The first-order valence-electron chi connectivity index (χ1n) is 7.18. The largest absolute Gasteiger partial charge is 0.339 e. The van der Waals surface area contributed by atoms with Gasteiger partial charge >= 0.3 is 6.03 Å². The van der Waals surface area contributed by atoms with Gasteiger partial charge in [-0.3, -0.25) is 4.79 Å². The molecule has 1 fully saturated rings. The van der Waals surface area contributed by atoms with E-state index in [4.69, 9.17) is 0 Å². The van der Waals surface area contributed by atoms with Gasteiger partial charge in [0.15, 0.2) is 0 Å². The molecule has 1 saturated heterocycles. The molecular weight excluding hydrogens is 256 g/mol. The zero-order chi connectivity index (χ0) is 15.3. The van der Waals surface area contributed by atoms with Gasteiger partial charge < -0.3 is 20.0 Å². The summed E-state index contributed by atoms with van der Waals surface area (Å²) in [6, 6.07) is -0.0436. The molecule has 1 N–H and O–H groups in total. The summed E-state index contributed by atoms with van der Waals surface area (Å²) in [7, 11) is 3.92. The van der Waals surface area contributed by atoms with Gasteiger partial charge in [0.25, 0.3) is 0 Å². The number of hydrogen-bond donors (Lipinski definition) is 1. The highest BCUT2D eigenvalue weighted by Crippen LogP contribution is 2.07. The molecule has 0 aromatic heterocycles. The van der Waals surface area contributed by atoms with E-state index in [1.807, 2.05) is 44.7 Å². The van der Waals surface area contributed by atoms with Crippen LogP contribution in [0.1, 0.15) is 27.2 Å². The number of urea groups is 1. The van der Waals surface area contributed by atoms with Crippen LogP contribution in [0.25, 0.3) is 0 Å². The van der Waals surface area contributed by atoms with Crippen molar-refractivity contribution < 1.29 is 9.59 Å². The normalized spacial score (nSPS) is 16.5. The molecule has 6 heteroatoms. The first-order chi connectivity index (χ1) is 9.19. The van der Waals surface area contributed by atoms with E-state index in [1.165, 1.54) is 0 Å². The Morgan fingerprint density at radius 1 is 1.05 bits per heavy atom. The molecule has 20 heavy (non-hydrogen) atoms. The molecule has 0 spiro atoms. The van der Waals surface area contributed by atoms with E-state index in [0.717, 1.165) is 6.54 Å². The van der Waals surface area contributed by atoms with E-state index in [2.05, 4.69) is 5.32 Å². The van der Waals surface area contributed by atoms with Crippen molar-refractivity contribution in [3.05, 3.63) is 0 Å². The maximum Gasteiger partial charge on any atom is 0.317 e. The summed E-state index contributed by atoms with van der Waals surface area (Å²) in [4.78, 5) is 29.6. The lowest BCUT2D eigenvalue weighted by Gasteiger charge is -2.36. The highest BCUT2D eigenvalue weighted by molar-refractivity contribution is 5.78. The van der Waals surface area contributed by atoms with Crippen LogP contribution in [-0.4, -0.2) is 79.0 Å². The lowest BCUT2D eigenvalue weighted by molar-refractivity contribution is -0.132. The highest BCUT2D eigenvalue weighted by Gasteiger charge is 2.25. The zero-order valence-corrected chi connectivity index (χ0v) is 13.4. The maximum atomic E-state index is 12.0. The molecule has 1 aliphatic heterocycles. The first-order valence-corrected chi connectivity index (χ1v) is 7.18. The monoisotopic (exact) mass is 284 g/mol. The molecule has 0 bridgehead atoms. The van der Waals surface area contributed by atoms with Crippen molar-refractivity contribution in [1.82, 2.24) is 20.0 Å². The number of nitrogens with zero attached hydrogens (tertiary/aromatic N) is 3. The summed E-state index contributed by atoms with van der Waals surface area (Å²) in [6.45, 7) is 9.13. The molecule has 3 amide bonds. The van der Waals surface area contributed by atoms with Crippen LogP contribution in [0.2, 0.25) is 0 Å². The number of amides is 3. The molecule has 116 valence electrons. The molecule has 0 unspecified atom stereocenters. The van der Waals surface area contributed by atoms with Crippen molar-refractivity contribution >= 4 is 11.9 Å². The average molecular weight is 284 g/mol. The van der Waals surface area contributed by atoms with E-state index < -0.39 is 0 Å². The van der Waals surface area contributed by atoms with Gasteiger partial charge in [0.1, 0.15) is 0 Å². The lowest BCUT2D eigenvalue weighted by atomic mass is 10.1. The van der Waals surface area contributed by atoms with E-state index in [0.29, 0.717) is 32.6 Å². The average Bonchev–Trinajstić information content (AvgIpc) is 2.34. The minimum atomic E-state index is -0.226. The van der Waals surface area contributed by atoms with Crippen molar-refractivity contribution in [2.45, 2.75) is 32.7 Å². The summed E-state index contributed by atoms with van der Waals surface area (Å²) in [5, 5.41) is 2.95. The van der Waals surface area contributed by atoms with E-state index >= 15 is 0 Å². The number of nitrogens with one attached hydrogen (secondary N) is 1. The molecule has 0 atom stereocenters. The molecule has 0 radical (unpaired) electrons. The molecule has 0 aliphatic carbocycles. The maximum absolute atomic E-state index is 12.0. The number of carbonyl (C=O) groups is 2.